The molecule has 0 aromatic heterocycles. The molecular weight excluding hydrogens is 254 g/mol. The second-order valence-electron chi connectivity index (χ2n) is 4.79. The summed E-state index contributed by atoms with van der Waals surface area (Å²) < 4.78 is 11.8. The molecular formula is C12H21NO4S. The Morgan fingerprint density at radius 1 is 1.17 bits per heavy atom. The molecule has 0 bridgehead atoms. The molecule has 1 amide bonds. The molecule has 1 saturated carbocycles. The Balaban J connectivity index is 2.49. The van der Waals surface area contributed by atoms with Crippen molar-refractivity contribution in [2.75, 3.05) is 0 Å². The molecule has 0 aromatic rings. The third-order valence-electron chi connectivity index (χ3n) is 3.37. The highest BCUT2D eigenvalue weighted by Gasteiger charge is 2.29. The third kappa shape index (κ3) is 4.08. The summed E-state index contributed by atoms with van der Waals surface area (Å²) in [6, 6.07) is 0.158. The molecule has 0 saturated heterocycles. The predicted octanol–water partition coefficient (Wildman–Crippen LogP) is 1.05. The zero-order valence-corrected chi connectivity index (χ0v) is 11.7. The number of carboxylic acids is 1. The van der Waals surface area contributed by atoms with Crippen LogP contribution < -0.4 is 5.32 Å². The summed E-state index contributed by atoms with van der Waals surface area (Å²) in [5.74, 6) is -1.43. The molecule has 18 heavy (non-hydrogen) atoms. The predicted molar refractivity (Wildman–Crippen MR) is 69.7 cm³/mol. The fourth-order valence-corrected chi connectivity index (χ4v) is 3.17. The van der Waals surface area contributed by atoms with Gasteiger partial charge in [0, 0.05) is 16.8 Å². The summed E-state index contributed by atoms with van der Waals surface area (Å²) in [5, 5.41) is 9.85. The lowest BCUT2D eigenvalue weighted by atomic mass is 9.95. The van der Waals surface area contributed by atoms with E-state index in [1.807, 2.05) is 0 Å². The molecule has 1 aliphatic rings. The lowest BCUT2D eigenvalue weighted by Gasteiger charge is -2.24. The van der Waals surface area contributed by atoms with Crippen molar-refractivity contribution >= 4 is 22.7 Å². The fourth-order valence-electron chi connectivity index (χ4n) is 2.08. The molecule has 5 nitrogen and oxygen atoms in total. The topological polar surface area (TPSA) is 83.5 Å². The van der Waals surface area contributed by atoms with Crippen LogP contribution in [0.25, 0.3) is 0 Å². The molecule has 1 aliphatic carbocycles. The van der Waals surface area contributed by atoms with Gasteiger partial charge in [-0.1, -0.05) is 19.3 Å². The van der Waals surface area contributed by atoms with Crippen LogP contribution in [0.5, 0.6) is 0 Å². The van der Waals surface area contributed by atoms with Crippen molar-refractivity contribution < 1.29 is 18.9 Å². The van der Waals surface area contributed by atoms with Crippen LogP contribution in [0.1, 0.15) is 46.0 Å². The van der Waals surface area contributed by atoms with Crippen LogP contribution in [0.2, 0.25) is 0 Å². The normalized spacial score (nSPS) is 21.9. The molecule has 2 N–H and O–H groups in total. The van der Waals surface area contributed by atoms with E-state index in [0.29, 0.717) is 0 Å². The number of carbonyl (C=O) groups excluding carboxylic acids is 1. The summed E-state index contributed by atoms with van der Waals surface area (Å²) in [7, 11) is -1.69. The third-order valence-corrected chi connectivity index (χ3v) is 5.18. The van der Waals surface area contributed by atoms with Crippen LogP contribution in [0.3, 0.4) is 0 Å². The number of hydrogen-bond acceptors (Lipinski definition) is 3. The Labute approximate surface area is 110 Å². The van der Waals surface area contributed by atoms with E-state index in [1.54, 1.807) is 0 Å². The van der Waals surface area contributed by atoms with Crippen molar-refractivity contribution in [3.8, 4) is 0 Å². The van der Waals surface area contributed by atoms with Crippen molar-refractivity contribution in [1.82, 2.24) is 5.32 Å². The molecule has 0 aromatic carbocycles. The monoisotopic (exact) mass is 275 g/mol. The van der Waals surface area contributed by atoms with Gasteiger partial charge in [0.2, 0.25) is 5.91 Å². The van der Waals surface area contributed by atoms with Crippen molar-refractivity contribution in [2.45, 2.75) is 62.5 Å². The average molecular weight is 275 g/mol. The van der Waals surface area contributed by atoms with Crippen molar-refractivity contribution in [3.05, 3.63) is 0 Å². The first-order valence-corrected chi connectivity index (χ1v) is 7.63. The molecule has 104 valence electrons. The molecule has 0 aliphatic heterocycles. The van der Waals surface area contributed by atoms with Crippen LogP contribution in [0.15, 0.2) is 0 Å². The number of nitrogens with one attached hydrogen (secondary N) is 1. The molecule has 0 heterocycles. The molecule has 0 spiro atoms. The number of hydrogen-bond donors (Lipinski definition) is 2. The van der Waals surface area contributed by atoms with Crippen molar-refractivity contribution in [3.63, 3.8) is 0 Å². The second-order valence-corrected chi connectivity index (χ2v) is 6.87. The van der Waals surface area contributed by atoms with E-state index in [1.165, 1.54) is 20.3 Å². The number of carboxylic acid groups (broad SMARTS) is 1. The molecule has 3 atom stereocenters. The largest absolute Gasteiger partial charge is 0.480 e. The van der Waals surface area contributed by atoms with Gasteiger partial charge in [0.1, 0.15) is 10.5 Å². The van der Waals surface area contributed by atoms with Crippen LogP contribution in [0, 0.1) is 0 Å². The highest BCUT2D eigenvalue weighted by Crippen LogP contribution is 2.17. The summed E-state index contributed by atoms with van der Waals surface area (Å²) >= 11 is 0. The van der Waals surface area contributed by atoms with Gasteiger partial charge < -0.3 is 10.4 Å². The van der Waals surface area contributed by atoms with Crippen LogP contribution in [0.4, 0.5) is 0 Å². The molecule has 0 radical (unpaired) electrons. The van der Waals surface area contributed by atoms with E-state index >= 15 is 0 Å². The van der Waals surface area contributed by atoms with Gasteiger partial charge in [-0.25, -0.2) is 0 Å². The van der Waals surface area contributed by atoms with Crippen LogP contribution in [-0.2, 0) is 20.4 Å². The first-order chi connectivity index (χ1) is 8.43. The van der Waals surface area contributed by atoms with E-state index in [0.717, 1.165) is 25.7 Å². The summed E-state index contributed by atoms with van der Waals surface area (Å²) in [6.45, 7) is 2.89. The minimum absolute atomic E-state index is 0.158. The Hall–Kier alpha value is -0.910. The Kier molecular flexibility index (Phi) is 5.78. The van der Waals surface area contributed by atoms with Gasteiger partial charge in [-0.3, -0.25) is 13.8 Å². The molecule has 1 fully saturated rings. The Morgan fingerprint density at radius 2 is 1.72 bits per heavy atom. The van der Waals surface area contributed by atoms with Crippen molar-refractivity contribution in [2.24, 2.45) is 0 Å². The summed E-state index contributed by atoms with van der Waals surface area (Å²) in [6.07, 6.45) is 5.32. The standard InChI is InChI=1S/C12H21NO4S/c1-8(18(17)9(2)12(15)16)11(14)13-10-6-4-3-5-7-10/h8-10H,3-7H2,1-2H3,(H,13,14)(H,15,16). The highest BCUT2D eigenvalue weighted by molar-refractivity contribution is 7.87. The SMILES string of the molecule is CC(C(=O)O)S(=O)C(C)C(=O)NC1CCCCC1. The average Bonchev–Trinajstić information content (AvgIpc) is 2.37. The minimum Gasteiger partial charge on any atom is -0.480 e. The van der Waals surface area contributed by atoms with Crippen LogP contribution >= 0.6 is 0 Å². The van der Waals surface area contributed by atoms with E-state index in [4.69, 9.17) is 5.11 Å². The van der Waals surface area contributed by atoms with Gasteiger partial charge in [-0.05, 0) is 26.7 Å². The molecule has 6 heteroatoms. The van der Waals surface area contributed by atoms with E-state index in [-0.39, 0.29) is 11.9 Å². The molecule has 1 rings (SSSR count). The summed E-state index contributed by atoms with van der Waals surface area (Å²) in [4.78, 5) is 22.6. The minimum atomic E-state index is -1.69. The lowest BCUT2D eigenvalue weighted by Crippen LogP contribution is -2.45. The highest BCUT2D eigenvalue weighted by atomic mass is 32.2. The zero-order valence-electron chi connectivity index (χ0n) is 10.8. The maximum atomic E-state index is 11.9. The van der Waals surface area contributed by atoms with Gasteiger partial charge >= 0.3 is 5.97 Å². The lowest BCUT2D eigenvalue weighted by molar-refractivity contribution is -0.136. The van der Waals surface area contributed by atoms with Gasteiger partial charge in [0.05, 0.1) is 0 Å². The zero-order chi connectivity index (χ0) is 13.7. The van der Waals surface area contributed by atoms with Crippen LogP contribution in [-0.4, -0.2) is 37.7 Å². The van der Waals surface area contributed by atoms with E-state index < -0.39 is 27.3 Å². The first-order valence-electron chi connectivity index (χ1n) is 6.36. The Morgan fingerprint density at radius 3 is 2.22 bits per heavy atom. The van der Waals surface area contributed by atoms with Gasteiger partial charge in [-0.15, -0.1) is 0 Å². The molecule has 3 unspecified atom stereocenters. The van der Waals surface area contributed by atoms with E-state index in [9.17, 15) is 13.8 Å². The first kappa shape index (κ1) is 15.1. The Bertz CT molecular complexity index is 339. The summed E-state index contributed by atoms with van der Waals surface area (Å²) in [5.41, 5.74) is 0. The van der Waals surface area contributed by atoms with Crippen molar-refractivity contribution in [1.29, 1.82) is 0 Å². The maximum absolute atomic E-state index is 11.9. The number of carbonyl (C=O) groups is 2. The quantitative estimate of drug-likeness (QED) is 0.785. The van der Waals surface area contributed by atoms with Gasteiger partial charge in [0.15, 0.2) is 0 Å². The second kappa shape index (κ2) is 6.87. The fraction of sp³-hybridized carbons (Fsp3) is 0.833. The smallest absolute Gasteiger partial charge is 0.319 e. The van der Waals surface area contributed by atoms with Gasteiger partial charge in [0.25, 0.3) is 0 Å². The number of aliphatic carboxylic acids is 1. The van der Waals surface area contributed by atoms with E-state index in [2.05, 4.69) is 5.32 Å². The maximum Gasteiger partial charge on any atom is 0.319 e. The van der Waals surface area contributed by atoms with Gasteiger partial charge in [-0.2, -0.15) is 0 Å². The number of amides is 1. The number of rotatable bonds is 5.